The lowest BCUT2D eigenvalue weighted by Gasteiger charge is -2.14. The van der Waals surface area contributed by atoms with Crippen molar-refractivity contribution in [3.63, 3.8) is 0 Å². The molecule has 0 N–H and O–H groups in total. The third-order valence-corrected chi connectivity index (χ3v) is 3.68. The molecule has 106 valence electrons. The lowest BCUT2D eigenvalue weighted by Crippen LogP contribution is -2.29. The summed E-state index contributed by atoms with van der Waals surface area (Å²) >= 11 is 11.8. The molecular formula is C14H7Cl2FN2O2. The Hall–Kier alpha value is -1.98. The number of amides is 2. The third kappa shape index (κ3) is 2.39. The molecule has 1 aliphatic heterocycles. The van der Waals surface area contributed by atoms with E-state index >= 15 is 0 Å². The summed E-state index contributed by atoms with van der Waals surface area (Å²) in [6.07, 6.45) is 0. The molecule has 1 aliphatic rings. The molecule has 1 aromatic heterocycles. The van der Waals surface area contributed by atoms with E-state index in [0.29, 0.717) is 10.7 Å². The van der Waals surface area contributed by atoms with Crippen molar-refractivity contribution in [2.24, 2.45) is 0 Å². The van der Waals surface area contributed by atoms with E-state index in [1.807, 2.05) is 0 Å². The Balaban J connectivity index is 1.97. The van der Waals surface area contributed by atoms with Crippen LogP contribution in [0.5, 0.6) is 0 Å². The average Bonchev–Trinajstić information content (AvgIpc) is 2.67. The molecular weight excluding hydrogens is 318 g/mol. The Morgan fingerprint density at radius 2 is 1.76 bits per heavy atom. The average molecular weight is 325 g/mol. The number of halogens is 3. The highest BCUT2D eigenvalue weighted by Gasteiger charge is 2.36. The largest absolute Gasteiger partial charge is 0.269 e. The molecule has 0 radical (unpaired) electrons. The van der Waals surface area contributed by atoms with Gasteiger partial charge in [-0.25, -0.2) is 9.37 Å². The first-order valence-corrected chi connectivity index (χ1v) is 6.69. The molecule has 0 unspecified atom stereocenters. The molecule has 7 heteroatoms. The van der Waals surface area contributed by atoms with Gasteiger partial charge in [-0.3, -0.25) is 14.5 Å². The summed E-state index contributed by atoms with van der Waals surface area (Å²) in [6.45, 7) is -0.118. The van der Waals surface area contributed by atoms with Gasteiger partial charge in [0.2, 0.25) is 0 Å². The maximum atomic E-state index is 13.2. The van der Waals surface area contributed by atoms with Crippen molar-refractivity contribution < 1.29 is 14.0 Å². The van der Waals surface area contributed by atoms with Gasteiger partial charge in [-0.1, -0.05) is 23.2 Å². The number of rotatable bonds is 2. The summed E-state index contributed by atoms with van der Waals surface area (Å²) in [5, 5.41) is 0.499. The lowest BCUT2D eigenvalue weighted by atomic mass is 10.1. The lowest BCUT2D eigenvalue weighted by molar-refractivity contribution is 0.0640. The van der Waals surface area contributed by atoms with Crippen LogP contribution in [0.3, 0.4) is 0 Å². The quantitative estimate of drug-likeness (QED) is 0.629. The Bertz CT molecular complexity index is 780. The molecule has 3 rings (SSSR count). The predicted molar refractivity (Wildman–Crippen MR) is 74.9 cm³/mol. The fourth-order valence-electron chi connectivity index (χ4n) is 2.12. The van der Waals surface area contributed by atoms with Crippen LogP contribution in [-0.2, 0) is 6.54 Å². The van der Waals surface area contributed by atoms with E-state index in [1.165, 1.54) is 18.2 Å². The van der Waals surface area contributed by atoms with E-state index in [4.69, 9.17) is 23.2 Å². The molecule has 0 aliphatic carbocycles. The van der Waals surface area contributed by atoms with Crippen LogP contribution in [0.1, 0.15) is 26.4 Å². The minimum absolute atomic E-state index is 0.0400. The smallest absolute Gasteiger partial charge is 0.262 e. The van der Waals surface area contributed by atoms with Gasteiger partial charge in [0.25, 0.3) is 11.8 Å². The number of imide groups is 1. The summed E-state index contributed by atoms with van der Waals surface area (Å²) in [7, 11) is 0. The van der Waals surface area contributed by atoms with Gasteiger partial charge in [0.15, 0.2) is 0 Å². The first-order valence-electron chi connectivity index (χ1n) is 5.94. The highest BCUT2D eigenvalue weighted by atomic mass is 35.5. The number of pyridine rings is 1. The Morgan fingerprint density at radius 1 is 1.05 bits per heavy atom. The third-order valence-electron chi connectivity index (χ3n) is 3.13. The molecule has 0 saturated carbocycles. The highest BCUT2D eigenvalue weighted by molar-refractivity contribution is 6.32. The number of fused-ring (bicyclic) bond motifs is 1. The molecule has 0 atom stereocenters. The number of hydrogen-bond donors (Lipinski definition) is 0. The SMILES string of the molecule is O=C1c2ccc(F)cc2C(=O)N1Cc1nc(Cl)ccc1Cl. The summed E-state index contributed by atoms with van der Waals surface area (Å²) in [4.78, 5) is 29.4. The first kappa shape index (κ1) is 14.0. The van der Waals surface area contributed by atoms with Crippen molar-refractivity contribution in [3.05, 3.63) is 63.1 Å². The van der Waals surface area contributed by atoms with Crippen LogP contribution in [0.25, 0.3) is 0 Å². The maximum absolute atomic E-state index is 13.2. The minimum atomic E-state index is -0.577. The Morgan fingerprint density at radius 3 is 2.52 bits per heavy atom. The molecule has 4 nitrogen and oxygen atoms in total. The molecule has 21 heavy (non-hydrogen) atoms. The number of carbonyl (C=O) groups is 2. The second-order valence-electron chi connectivity index (χ2n) is 4.45. The highest BCUT2D eigenvalue weighted by Crippen LogP contribution is 2.27. The van der Waals surface area contributed by atoms with E-state index < -0.39 is 17.6 Å². The second-order valence-corrected chi connectivity index (χ2v) is 5.24. The molecule has 1 aromatic carbocycles. The van der Waals surface area contributed by atoms with E-state index in [9.17, 15) is 14.0 Å². The molecule has 0 saturated heterocycles. The van der Waals surface area contributed by atoms with Crippen molar-refractivity contribution in [3.8, 4) is 0 Å². The van der Waals surface area contributed by atoms with Gasteiger partial charge in [-0.2, -0.15) is 0 Å². The molecule has 0 spiro atoms. The maximum Gasteiger partial charge on any atom is 0.262 e. The number of benzene rings is 1. The number of hydrogen-bond acceptors (Lipinski definition) is 3. The fraction of sp³-hybridized carbons (Fsp3) is 0.0714. The minimum Gasteiger partial charge on any atom is -0.269 e. The van der Waals surface area contributed by atoms with E-state index in [2.05, 4.69) is 4.98 Å². The van der Waals surface area contributed by atoms with Gasteiger partial charge >= 0.3 is 0 Å². The van der Waals surface area contributed by atoms with Crippen LogP contribution in [-0.4, -0.2) is 21.7 Å². The second kappa shape index (κ2) is 5.09. The first-order chi connectivity index (χ1) is 9.97. The van der Waals surface area contributed by atoms with Crippen LogP contribution >= 0.6 is 23.2 Å². The zero-order valence-electron chi connectivity index (χ0n) is 10.4. The fourth-order valence-corrected chi connectivity index (χ4v) is 2.45. The number of nitrogens with zero attached hydrogens (tertiary/aromatic N) is 2. The van der Waals surface area contributed by atoms with Crippen molar-refractivity contribution in [2.45, 2.75) is 6.54 Å². The van der Waals surface area contributed by atoms with E-state index in [-0.39, 0.29) is 22.8 Å². The topological polar surface area (TPSA) is 50.3 Å². The van der Waals surface area contributed by atoms with Gasteiger partial charge in [0, 0.05) is 0 Å². The molecule has 0 bridgehead atoms. The van der Waals surface area contributed by atoms with Crippen LogP contribution in [0.2, 0.25) is 10.2 Å². The van der Waals surface area contributed by atoms with Gasteiger partial charge in [-0.15, -0.1) is 0 Å². The van der Waals surface area contributed by atoms with Crippen LogP contribution in [0.15, 0.2) is 30.3 Å². The van der Waals surface area contributed by atoms with Gasteiger partial charge in [-0.05, 0) is 30.3 Å². The monoisotopic (exact) mass is 324 g/mol. The van der Waals surface area contributed by atoms with Crippen molar-refractivity contribution in [1.82, 2.24) is 9.88 Å². The van der Waals surface area contributed by atoms with Gasteiger partial charge in [0.1, 0.15) is 11.0 Å². The summed E-state index contributed by atoms with van der Waals surface area (Å²) in [5.74, 6) is -1.66. The normalized spacial score (nSPS) is 13.8. The van der Waals surface area contributed by atoms with Crippen LogP contribution in [0.4, 0.5) is 4.39 Å². The standard InChI is InChI=1S/C14H7Cl2FN2O2/c15-10-3-4-12(16)18-11(10)6-19-13(20)8-2-1-7(17)5-9(8)14(19)21/h1-5H,6H2. The Kier molecular flexibility index (Phi) is 3.39. The number of carbonyl (C=O) groups excluding carboxylic acids is 2. The van der Waals surface area contributed by atoms with Crippen LogP contribution < -0.4 is 0 Å². The van der Waals surface area contributed by atoms with Crippen molar-refractivity contribution >= 4 is 35.0 Å². The summed E-state index contributed by atoms with van der Waals surface area (Å²) in [5.41, 5.74) is 0.511. The van der Waals surface area contributed by atoms with Gasteiger partial charge < -0.3 is 0 Å². The van der Waals surface area contributed by atoms with Crippen molar-refractivity contribution in [2.75, 3.05) is 0 Å². The molecule has 2 heterocycles. The zero-order chi connectivity index (χ0) is 15.1. The summed E-state index contributed by atoms with van der Waals surface area (Å²) in [6, 6.07) is 6.51. The molecule has 2 amide bonds. The predicted octanol–water partition coefficient (Wildman–Crippen LogP) is 3.32. The zero-order valence-corrected chi connectivity index (χ0v) is 12.0. The Labute approximate surface area is 129 Å². The molecule has 0 fully saturated rings. The summed E-state index contributed by atoms with van der Waals surface area (Å²) < 4.78 is 13.2. The van der Waals surface area contributed by atoms with Crippen molar-refractivity contribution in [1.29, 1.82) is 0 Å². The van der Waals surface area contributed by atoms with E-state index in [1.54, 1.807) is 0 Å². The van der Waals surface area contributed by atoms with E-state index in [0.717, 1.165) is 17.0 Å². The molecule has 2 aromatic rings. The number of aromatic nitrogens is 1. The van der Waals surface area contributed by atoms with Gasteiger partial charge in [0.05, 0.1) is 28.4 Å². The van der Waals surface area contributed by atoms with Crippen LogP contribution in [0, 0.1) is 5.82 Å².